The predicted molar refractivity (Wildman–Crippen MR) is 81.4 cm³/mol. The van der Waals surface area contributed by atoms with Gasteiger partial charge in [0.25, 0.3) is 0 Å². The zero-order valence-corrected chi connectivity index (χ0v) is 12.8. The molecule has 0 bridgehead atoms. The first-order chi connectivity index (χ1) is 9.31. The maximum absolute atomic E-state index is 2.77. The van der Waals surface area contributed by atoms with Gasteiger partial charge in [0, 0.05) is 25.7 Å². The molecule has 2 heteroatoms. The highest BCUT2D eigenvalue weighted by Gasteiger charge is 2.29. The third-order valence-corrected chi connectivity index (χ3v) is 5.91. The lowest BCUT2D eigenvalue weighted by molar-refractivity contribution is 0.0454. The number of piperidine rings is 1. The number of fused-ring (bicyclic) bond motifs is 1. The van der Waals surface area contributed by atoms with Crippen LogP contribution in [-0.4, -0.2) is 48.6 Å². The summed E-state index contributed by atoms with van der Waals surface area (Å²) >= 11 is 0. The Kier molecular flexibility index (Phi) is 4.81. The van der Waals surface area contributed by atoms with Crippen LogP contribution in [0.5, 0.6) is 0 Å². The molecule has 0 aromatic carbocycles. The number of hydrogen-bond donors (Lipinski definition) is 0. The lowest BCUT2D eigenvalue weighted by Gasteiger charge is -2.44. The quantitative estimate of drug-likeness (QED) is 0.771. The van der Waals surface area contributed by atoms with E-state index < -0.39 is 0 Å². The molecule has 1 saturated carbocycles. The Morgan fingerprint density at radius 3 is 2.58 bits per heavy atom. The predicted octanol–water partition coefficient (Wildman–Crippen LogP) is 3.37. The minimum Gasteiger partial charge on any atom is -0.301 e. The summed E-state index contributed by atoms with van der Waals surface area (Å²) in [5.41, 5.74) is 0. The molecule has 0 aromatic heterocycles. The summed E-state index contributed by atoms with van der Waals surface area (Å²) in [6, 6.07) is 0.897. The topological polar surface area (TPSA) is 6.48 Å². The molecule has 1 atom stereocenters. The van der Waals surface area contributed by atoms with Crippen molar-refractivity contribution in [3.8, 4) is 0 Å². The molecular weight excluding hydrogens is 232 g/mol. The van der Waals surface area contributed by atoms with E-state index in [1.807, 2.05) is 0 Å². The van der Waals surface area contributed by atoms with Crippen LogP contribution in [-0.2, 0) is 0 Å². The first kappa shape index (κ1) is 13.9. The summed E-state index contributed by atoms with van der Waals surface area (Å²) in [7, 11) is 0. The smallest absolute Gasteiger partial charge is 0.0223 e. The number of rotatable bonds is 3. The second-order valence-corrected chi connectivity index (χ2v) is 7.40. The molecule has 1 unspecified atom stereocenters. The van der Waals surface area contributed by atoms with Crippen LogP contribution >= 0.6 is 0 Å². The van der Waals surface area contributed by atoms with Gasteiger partial charge >= 0.3 is 0 Å². The average molecular weight is 264 g/mol. The van der Waals surface area contributed by atoms with Crippen molar-refractivity contribution in [1.82, 2.24) is 9.80 Å². The summed E-state index contributed by atoms with van der Waals surface area (Å²) in [5.74, 6) is 2.04. The SMILES string of the molecule is CC1CCC(CCN2CCN3CCCCC3C2)CC1. The van der Waals surface area contributed by atoms with Gasteiger partial charge in [-0.25, -0.2) is 0 Å². The molecule has 2 aliphatic heterocycles. The van der Waals surface area contributed by atoms with E-state index in [0.29, 0.717) is 0 Å². The third-order valence-electron chi connectivity index (χ3n) is 5.91. The molecule has 0 aromatic rings. The van der Waals surface area contributed by atoms with Crippen molar-refractivity contribution in [2.24, 2.45) is 11.8 Å². The van der Waals surface area contributed by atoms with Crippen molar-refractivity contribution in [3.63, 3.8) is 0 Å². The van der Waals surface area contributed by atoms with Crippen molar-refractivity contribution in [2.45, 2.75) is 64.3 Å². The second kappa shape index (κ2) is 6.58. The van der Waals surface area contributed by atoms with Crippen LogP contribution in [0.2, 0.25) is 0 Å². The van der Waals surface area contributed by atoms with Gasteiger partial charge in [0.1, 0.15) is 0 Å². The first-order valence-corrected chi connectivity index (χ1v) is 8.77. The van der Waals surface area contributed by atoms with Gasteiger partial charge in [-0.3, -0.25) is 4.90 Å². The summed E-state index contributed by atoms with van der Waals surface area (Å²) in [5, 5.41) is 0. The monoisotopic (exact) mass is 264 g/mol. The van der Waals surface area contributed by atoms with Gasteiger partial charge in [-0.1, -0.05) is 39.0 Å². The van der Waals surface area contributed by atoms with Crippen molar-refractivity contribution in [1.29, 1.82) is 0 Å². The Bertz CT molecular complexity index is 270. The zero-order chi connectivity index (χ0) is 13.1. The molecule has 2 saturated heterocycles. The Hall–Kier alpha value is -0.0800. The summed E-state index contributed by atoms with van der Waals surface area (Å²) in [4.78, 5) is 5.52. The molecule has 0 N–H and O–H groups in total. The van der Waals surface area contributed by atoms with Crippen LogP contribution in [0.4, 0.5) is 0 Å². The van der Waals surface area contributed by atoms with Gasteiger partial charge in [-0.05, 0) is 44.2 Å². The molecule has 3 aliphatic rings. The van der Waals surface area contributed by atoms with E-state index in [0.717, 1.165) is 17.9 Å². The summed E-state index contributed by atoms with van der Waals surface area (Å²) in [6.45, 7) is 9.22. The lowest BCUT2D eigenvalue weighted by Crippen LogP contribution is -2.54. The van der Waals surface area contributed by atoms with E-state index in [-0.39, 0.29) is 0 Å². The Morgan fingerprint density at radius 1 is 0.895 bits per heavy atom. The molecule has 2 nitrogen and oxygen atoms in total. The molecule has 19 heavy (non-hydrogen) atoms. The summed E-state index contributed by atoms with van der Waals surface area (Å²) < 4.78 is 0. The van der Waals surface area contributed by atoms with Crippen molar-refractivity contribution in [3.05, 3.63) is 0 Å². The highest BCUT2D eigenvalue weighted by molar-refractivity contribution is 4.85. The molecule has 0 radical (unpaired) electrons. The maximum atomic E-state index is 2.77. The van der Waals surface area contributed by atoms with Crippen LogP contribution in [0.3, 0.4) is 0 Å². The van der Waals surface area contributed by atoms with E-state index in [9.17, 15) is 0 Å². The minimum atomic E-state index is 0.897. The fourth-order valence-electron chi connectivity index (χ4n) is 4.41. The van der Waals surface area contributed by atoms with Gasteiger partial charge in [-0.2, -0.15) is 0 Å². The largest absolute Gasteiger partial charge is 0.301 e. The first-order valence-electron chi connectivity index (χ1n) is 8.77. The fraction of sp³-hybridized carbons (Fsp3) is 1.00. The van der Waals surface area contributed by atoms with Crippen LogP contribution in [0.15, 0.2) is 0 Å². The van der Waals surface area contributed by atoms with Crippen molar-refractivity contribution < 1.29 is 0 Å². The van der Waals surface area contributed by atoms with Crippen LogP contribution in [0.25, 0.3) is 0 Å². The molecule has 0 spiro atoms. The van der Waals surface area contributed by atoms with E-state index in [1.54, 1.807) is 0 Å². The Balaban J connectivity index is 1.39. The Labute approximate surface area is 119 Å². The van der Waals surface area contributed by atoms with Crippen molar-refractivity contribution >= 4 is 0 Å². The fourth-order valence-corrected chi connectivity index (χ4v) is 4.41. The van der Waals surface area contributed by atoms with Crippen LogP contribution < -0.4 is 0 Å². The highest BCUT2D eigenvalue weighted by atomic mass is 15.3. The normalized spacial score (nSPS) is 38.1. The number of hydrogen-bond acceptors (Lipinski definition) is 2. The molecule has 2 heterocycles. The van der Waals surface area contributed by atoms with E-state index >= 15 is 0 Å². The molecule has 3 fully saturated rings. The second-order valence-electron chi connectivity index (χ2n) is 7.40. The van der Waals surface area contributed by atoms with Crippen LogP contribution in [0.1, 0.15) is 58.3 Å². The summed E-state index contributed by atoms with van der Waals surface area (Å²) in [6.07, 6.45) is 11.8. The maximum Gasteiger partial charge on any atom is 0.0223 e. The van der Waals surface area contributed by atoms with Gasteiger partial charge in [0.05, 0.1) is 0 Å². The van der Waals surface area contributed by atoms with Crippen LogP contribution in [0, 0.1) is 11.8 Å². The molecule has 0 amide bonds. The van der Waals surface area contributed by atoms with E-state index in [1.165, 1.54) is 84.1 Å². The third kappa shape index (κ3) is 3.72. The highest BCUT2D eigenvalue weighted by Crippen LogP contribution is 2.30. The van der Waals surface area contributed by atoms with Gasteiger partial charge in [0.2, 0.25) is 0 Å². The average Bonchev–Trinajstić information content (AvgIpc) is 2.46. The molecule has 1 aliphatic carbocycles. The molecule has 110 valence electrons. The zero-order valence-electron chi connectivity index (χ0n) is 12.8. The van der Waals surface area contributed by atoms with E-state index in [4.69, 9.17) is 0 Å². The standard InChI is InChI=1S/C17H32N2/c1-15-5-7-16(8-6-15)9-11-18-12-13-19-10-3-2-4-17(19)14-18/h15-17H,2-14H2,1H3. The van der Waals surface area contributed by atoms with Gasteiger partial charge in [-0.15, -0.1) is 0 Å². The van der Waals surface area contributed by atoms with E-state index in [2.05, 4.69) is 16.7 Å². The van der Waals surface area contributed by atoms with Gasteiger partial charge in [0.15, 0.2) is 0 Å². The van der Waals surface area contributed by atoms with Gasteiger partial charge < -0.3 is 4.90 Å². The minimum absolute atomic E-state index is 0.897. The van der Waals surface area contributed by atoms with Crippen molar-refractivity contribution in [2.75, 3.05) is 32.7 Å². The Morgan fingerprint density at radius 2 is 1.74 bits per heavy atom. The lowest BCUT2D eigenvalue weighted by atomic mass is 9.81. The number of piperazine rings is 1. The number of nitrogens with zero attached hydrogens (tertiary/aromatic N) is 2. The molecule has 3 rings (SSSR count). The molecular formula is C17H32N2.